The molecule has 0 atom stereocenters. The third-order valence-electron chi connectivity index (χ3n) is 2.22. The van der Waals surface area contributed by atoms with Gasteiger partial charge in [0.1, 0.15) is 0 Å². The maximum Gasteiger partial charge on any atom is 0.261 e. The van der Waals surface area contributed by atoms with Crippen LogP contribution in [0.4, 0.5) is 0 Å². The van der Waals surface area contributed by atoms with E-state index >= 15 is 0 Å². The lowest BCUT2D eigenvalue weighted by Crippen LogP contribution is -2.02. The topological polar surface area (TPSA) is 78.2 Å². The molecule has 0 aliphatic heterocycles. The summed E-state index contributed by atoms with van der Waals surface area (Å²) in [5.41, 5.74) is 1.17. The van der Waals surface area contributed by atoms with Gasteiger partial charge in [0.25, 0.3) is 9.05 Å². The van der Waals surface area contributed by atoms with Crippen LogP contribution in [0.2, 0.25) is 0 Å². The van der Waals surface area contributed by atoms with E-state index in [1.165, 1.54) is 12.1 Å². The number of nitriles is 1. The fourth-order valence-corrected chi connectivity index (χ4v) is 2.55. The average Bonchev–Trinajstić information content (AvgIpc) is 2.25. The smallest absolute Gasteiger partial charge is 0.261 e. The van der Waals surface area contributed by atoms with Crippen molar-refractivity contribution in [2.75, 3.05) is 0 Å². The number of halogens is 1. The van der Waals surface area contributed by atoms with Gasteiger partial charge >= 0.3 is 0 Å². The molecule has 16 heavy (non-hydrogen) atoms. The minimum absolute atomic E-state index is 0.203. The summed E-state index contributed by atoms with van der Waals surface area (Å²) in [6.07, 6.45) is 0.582. The van der Waals surface area contributed by atoms with Crippen molar-refractivity contribution >= 4 is 19.7 Å². The molecule has 0 fully saturated rings. The maximum absolute atomic E-state index is 11.2. The first-order valence-electron chi connectivity index (χ1n) is 4.55. The molecule has 86 valence electrons. The monoisotopic (exact) mass is 259 g/mol. The highest BCUT2D eigenvalue weighted by atomic mass is 35.7. The van der Waals surface area contributed by atoms with Gasteiger partial charge in [-0.3, -0.25) is 0 Å². The van der Waals surface area contributed by atoms with Crippen LogP contribution in [0.15, 0.2) is 17.0 Å². The molecule has 0 bridgehead atoms. The zero-order chi connectivity index (χ0) is 12.3. The molecular formula is C10H10ClNO3S. The van der Waals surface area contributed by atoms with Crippen molar-refractivity contribution in [2.45, 2.75) is 24.8 Å². The van der Waals surface area contributed by atoms with Gasteiger partial charge in [0.15, 0.2) is 0 Å². The molecule has 0 saturated carbocycles. The van der Waals surface area contributed by atoms with Gasteiger partial charge in [-0.15, -0.1) is 0 Å². The molecule has 0 radical (unpaired) electrons. The van der Waals surface area contributed by atoms with Crippen molar-refractivity contribution in [1.29, 1.82) is 5.26 Å². The second kappa shape index (κ2) is 4.83. The van der Waals surface area contributed by atoms with Gasteiger partial charge in [-0.25, -0.2) is 8.42 Å². The normalized spacial score (nSPS) is 11.1. The van der Waals surface area contributed by atoms with Crippen LogP contribution in [-0.4, -0.2) is 13.5 Å². The van der Waals surface area contributed by atoms with Crippen LogP contribution >= 0.6 is 10.7 Å². The Hall–Kier alpha value is -1.09. The van der Waals surface area contributed by atoms with Gasteiger partial charge in [-0.05, 0) is 23.6 Å². The Morgan fingerprint density at radius 2 is 2.06 bits per heavy atom. The fraction of sp³-hybridized carbons (Fsp3) is 0.300. The van der Waals surface area contributed by atoms with Crippen molar-refractivity contribution in [3.63, 3.8) is 0 Å². The molecule has 0 aliphatic rings. The minimum Gasteiger partial charge on any atom is -0.392 e. The van der Waals surface area contributed by atoms with E-state index < -0.39 is 15.7 Å². The van der Waals surface area contributed by atoms with Crippen LogP contribution in [0.25, 0.3) is 0 Å². The first-order valence-corrected chi connectivity index (χ1v) is 6.86. The number of rotatable bonds is 3. The van der Waals surface area contributed by atoms with Gasteiger partial charge in [0.2, 0.25) is 0 Å². The number of benzene rings is 1. The van der Waals surface area contributed by atoms with E-state index in [9.17, 15) is 8.42 Å². The zero-order valence-corrected chi connectivity index (χ0v) is 10.1. The first kappa shape index (κ1) is 13.0. The molecule has 0 aliphatic carbocycles. The molecule has 4 nitrogen and oxygen atoms in total. The highest BCUT2D eigenvalue weighted by molar-refractivity contribution is 8.13. The Bertz CT molecular complexity index is 546. The standard InChI is InChI=1S/C10H10ClNO3S/c1-2-7-3-9(6-13)10(16(11,14)15)4-8(7)5-12/h3-4,13H,2,6H2,1H3. The van der Waals surface area contributed by atoms with Crippen molar-refractivity contribution < 1.29 is 13.5 Å². The lowest BCUT2D eigenvalue weighted by molar-refractivity contribution is 0.278. The molecule has 0 aromatic heterocycles. The Labute approximate surface area is 98.5 Å². The second-order valence-corrected chi connectivity index (χ2v) is 5.71. The Morgan fingerprint density at radius 1 is 1.44 bits per heavy atom. The number of hydrogen-bond acceptors (Lipinski definition) is 4. The van der Waals surface area contributed by atoms with Crippen LogP contribution in [0.5, 0.6) is 0 Å². The predicted molar refractivity (Wildman–Crippen MR) is 59.5 cm³/mol. The zero-order valence-electron chi connectivity index (χ0n) is 8.57. The van der Waals surface area contributed by atoms with Crippen LogP contribution in [0.1, 0.15) is 23.6 Å². The molecule has 6 heteroatoms. The van der Waals surface area contributed by atoms with E-state index in [2.05, 4.69) is 0 Å². The van der Waals surface area contributed by atoms with Crippen LogP contribution in [0, 0.1) is 11.3 Å². The summed E-state index contributed by atoms with van der Waals surface area (Å²) in [7, 11) is 1.28. The Morgan fingerprint density at radius 3 is 2.44 bits per heavy atom. The summed E-state index contributed by atoms with van der Waals surface area (Å²) in [5, 5.41) is 17.9. The summed E-state index contributed by atoms with van der Waals surface area (Å²) < 4.78 is 22.5. The van der Waals surface area contributed by atoms with E-state index in [-0.39, 0.29) is 16.0 Å². The maximum atomic E-state index is 11.2. The van der Waals surface area contributed by atoms with Gasteiger partial charge in [0, 0.05) is 10.7 Å². The summed E-state index contributed by atoms with van der Waals surface area (Å²) in [6, 6.07) is 4.60. The SMILES string of the molecule is CCc1cc(CO)c(S(=O)(=O)Cl)cc1C#N. The largest absolute Gasteiger partial charge is 0.392 e. The van der Waals surface area contributed by atoms with E-state index in [4.69, 9.17) is 21.1 Å². The van der Waals surface area contributed by atoms with Crippen LogP contribution < -0.4 is 0 Å². The molecule has 0 saturated heterocycles. The third-order valence-corrected chi connectivity index (χ3v) is 3.62. The van der Waals surface area contributed by atoms with Crippen LogP contribution in [-0.2, 0) is 22.1 Å². The molecule has 0 heterocycles. The van der Waals surface area contributed by atoms with Gasteiger partial charge in [0.05, 0.1) is 23.1 Å². The lowest BCUT2D eigenvalue weighted by atomic mass is 10.0. The van der Waals surface area contributed by atoms with E-state index in [1.807, 2.05) is 13.0 Å². The first-order chi connectivity index (χ1) is 7.43. The predicted octanol–water partition coefficient (Wildman–Crippen LogP) is 1.54. The number of aryl methyl sites for hydroxylation is 1. The molecule has 0 spiro atoms. The average molecular weight is 260 g/mol. The second-order valence-electron chi connectivity index (χ2n) is 3.18. The summed E-state index contributed by atoms with van der Waals surface area (Å²) >= 11 is 0. The highest BCUT2D eigenvalue weighted by Gasteiger charge is 2.18. The summed E-state index contributed by atoms with van der Waals surface area (Å²) in [4.78, 5) is -0.203. The molecule has 1 rings (SSSR count). The van der Waals surface area contributed by atoms with Crippen molar-refractivity contribution in [3.8, 4) is 6.07 Å². The number of aliphatic hydroxyl groups is 1. The summed E-state index contributed by atoms with van der Waals surface area (Å²) in [5.74, 6) is 0. The molecule has 1 aromatic rings. The number of aliphatic hydroxyl groups excluding tert-OH is 1. The van der Waals surface area contributed by atoms with Gasteiger partial charge < -0.3 is 5.11 Å². The minimum atomic E-state index is -3.94. The van der Waals surface area contributed by atoms with Gasteiger partial charge in [-0.2, -0.15) is 5.26 Å². The molecule has 1 aromatic carbocycles. The van der Waals surface area contributed by atoms with E-state index in [1.54, 1.807) is 0 Å². The quantitative estimate of drug-likeness (QED) is 0.835. The van der Waals surface area contributed by atoms with Crippen LogP contribution in [0.3, 0.4) is 0 Å². The van der Waals surface area contributed by atoms with Crippen molar-refractivity contribution in [2.24, 2.45) is 0 Å². The third kappa shape index (κ3) is 2.53. The summed E-state index contributed by atoms with van der Waals surface area (Å²) in [6.45, 7) is 1.41. The molecular weight excluding hydrogens is 250 g/mol. The Balaban J connectivity index is 3.58. The molecule has 1 N–H and O–H groups in total. The number of hydrogen-bond donors (Lipinski definition) is 1. The number of nitrogens with zero attached hydrogens (tertiary/aromatic N) is 1. The van der Waals surface area contributed by atoms with E-state index in [0.29, 0.717) is 12.0 Å². The molecule has 0 amide bonds. The van der Waals surface area contributed by atoms with Gasteiger partial charge in [-0.1, -0.05) is 13.0 Å². The fourth-order valence-electron chi connectivity index (χ4n) is 1.42. The Kier molecular flexibility index (Phi) is 3.92. The highest BCUT2D eigenvalue weighted by Crippen LogP contribution is 2.24. The van der Waals surface area contributed by atoms with Crippen molar-refractivity contribution in [1.82, 2.24) is 0 Å². The van der Waals surface area contributed by atoms with Crippen molar-refractivity contribution in [3.05, 3.63) is 28.8 Å². The lowest BCUT2D eigenvalue weighted by Gasteiger charge is -2.08. The molecule has 0 unspecified atom stereocenters. The van der Waals surface area contributed by atoms with E-state index in [0.717, 1.165) is 0 Å².